The molecule has 1 fully saturated rings. The lowest BCUT2D eigenvalue weighted by Gasteiger charge is -2.17. The minimum absolute atomic E-state index is 0.365. The molecule has 2 aromatic heterocycles. The molecule has 0 radical (unpaired) electrons. The van der Waals surface area contributed by atoms with Crippen molar-refractivity contribution in [3.63, 3.8) is 0 Å². The summed E-state index contributed by atoms with van der Waals surface area (Å²) in [5.41, 5.74) is 7.15. The molecule has 0 unspecified atom stereocenters. The number of rotatable bonds is 5. The van der Waals surface area contributed by atoms with Gasteiger partial charge in [0.05, 0.1) is 11.3 Å². The van der Waals surface area contributed by atoms with Gasteiger partial charge >= 0.3 is 0 Å². The van der Waals surface area contributed by atoms with Crippen molar-refractivity contribution in [2.45, 2.75) is 42.7 Å². The van der Waals surface area contributed by atoms with Crippen LogP contribution < -0.4 is 5.73 Å². The average molecular weight is 290 g/mol. The predicted octanol–water partition coefficient (Wildman–Crippen LogP) is 2.63. The van der Waals surface area contributed by atoms with Crippen LogP contribution in [0.4, 0.5) is 0 Å². The first-order valence-electron chi connectivity index (χ1n) is 6.85. The lowest BCUT2D eigenvalue weighted by atomic mass is 9.99. The molecule has 0 atom stereocenters. The fraction of sp³-hybridized carbons (Fsp3) is 0.500. The molecule has 0 amide bonds. The molecule has 106 valence electrons. The van der Waals surface area contributed by atoms with Crippen LogP contribution in [0.1, 0.15) is 43.0 Å². The van der Waals surface area contributed by atoms with E-state index < -0.39 is 0 Å². The van der Waals surface area contributed by atoms with Crippen molar-refractivity contribution < 1.29 is 4.52 Å². The van der Waals surface area contributed by atoms with Crippen molar-refractivity contribution in [1.29, 1.82) is 0 Å². The first-order valence-corrected chi connectivity index (χ1v) is 8.00. The highest BCUT2D eigenvalue weighted by molar-refractivity contribution is 7.97. The van der Waals surface area contributed by atoms with Crippen LogP contribution in [0.2, 0.25) is 0 Å². The Bertz CT molecular complexity index is 551. The van der Waals surface area contributed by atoms with E-state index in [1.165, 1.54) is 5.56 Å². The number of nitrogens with zero attached hydrogens (tertiary/aromatic N) is 3. The quantitative estimate of drug-likeness (QED) is 0.912. The fourth-order valence-corrected chi connectivity index (χ4v) is 3.29. The highest BCUT2D eigenvalue weighted by atomic mass is 32.2. The Morgan fingerprint density at radius 3 is 2.90 bits per heavy atom. The molecule has 6 heteroatoms. The Balaban J connectivity index is 1.55. The third-order valence-electron chi connectivity index (χ3n) is 3.63. The standard InChI is InChI=1S/C14H18N4OS/c15-14(5-1-2-6-14)13-17-12(19-18-13)10-20-9-11-4-3-7-16-8-11/h3-4,7-8H,1-2,5-6,9-10,15H2. The molecule has 2 heterocycles. The first-order chi connectivity index (χ1) is 9.76. The summed E-state index contributed by atoms with van der Waals surface area (Å²) in [6.07, 6.45) is 7.86. The van der Waals surface area contributed by atoms with Crippen molar-refractivity contribution in [3.05, 3.63) is 41.8 Å². The second-order valence-corrected chi connectivity index (χ2v) is 6.21. The minimum atomic E-state index is -0.365. The lowest BCUT2D eigenvalue weighted by molar-refractivity contribution is 0.355. The molecule has 1 saturated carbocycles. The van der Waals surface area contributed by atoms with Gasteiger partial charge in [-0.25, -0.2) is 0 Å². The fourth-order valence-electron chi connectivity index (χ4n) is 2.48. The SMILES string of the molecule is NC1(c2noc(CSCc3cccnc3)n2)CCCC1. The summed E-state index contributed by atoms with van der Waals surface area (Å²) >= 11 is 1.74. The van der Waals surface area contributed by atoms with Gasteiger partial charge in [-0.15, -0.1) is 11.8 Å². The third kappa shape index (κ3) is 3.02. The van der Waals surface area contributed by atoms with Crippen molar-refractivity contribution >= 4 is 11.8 Å². The zero-order valence-electron chi connectivity index (χ0n) is 11.3. The Hall–Kier alpha value is -1.40. The van der Waals surface area contributed by atoms with E-state index in [4.69, 9.17) is 10.3 Å². The molecular weight excluding hydrogens is 272 g/mol. The summed E-state index contributed by atoms with van der Waals surface area (Å²) < 4.78 is 5.30. The van der Waals surface area contributed by atoms with E-state index in [2.05, 4.69) is 21.2 Å². The van der Waals surface area contributed by atoms with Gasteiger partial charge in [0.2, 0.25) is 5.89 Å². The molecule has 0 aromatic carbocycles. The van der Waals surface area contributed by atoms with E-state index in [1.54, 1.807) is 18.0 Å². The van der Waals surface area contributed by atoms with Crippen LogP contribution >= 0.6 is 11.8 Å². The molecule has 1 aliphatic carbocycles. The normalized spacial score (nSPS) is 17.4. The second kappa shape index (κ2) is 5.93. The molecule has 0 saturated heterocycles. The smallest absolute Gasteiger partial charge is 0.236 e. The molecule has 0 aliphatic heterocycles. The van der Waals surface area contributed by atoms with Crippen LogP contribution in [0.3, 0.4) is 0 Å². The van der Waals surface area contributed by atoms with Gasteiger partial charge in [-0.2, -0.15) is 4.98 Å². The molecular formula is C14H18N4OS. The van der Waals surface area contributed by atoms with E-state index in [-0.39, 0.29) is 5.54 Å². The maximum atomic E-state index is 6.31. The largest absolute Gasteiger partial charge is 0.338 e. The number of thioether (sulfide) groups is 1. The van der Waals surface area contributed by atoms with Crippen LogP contribution in [0.15, 0.2) is 29.0 Å². The van der Waals surface area contributed by atoms with Crippen LogP contribution in [0.25, 0.3) is 0 Å². The van der Waals surface area contributed by atoms with Crippen molar-refractivity contribution in [2.24, 2.45) is 5.73 Å². The number of hydrogen-bond donors (Lipinski definition) is 1. The Morgan fingerprint density at radius 1 is 1.30 bits per heavy atom. The number of nitrogens with two attached hydrogens (primary N) is 1. The topological polar surface area (TPSA) is 77.8 Å². The van der Waals surface area contributed by atoms with Crippen LogP contribution in [-0.2, 0) is 17.0 Å². The Kier molecular flexibility index (Phi) is 4.03. The van der Waals surface area contributed by atoms with Gasteiger partial charge in [-0.1, -0.05) is 24.1 Å². The molecule has 0 spiro atoms. The summed E-state index contributed by atoms with van der Waals surface area (Å²) in [6, 6.07) is 4.01. The molecule has 2 N–H and O–H groups in total. The molecule has 2 aromatic rings. The van der Waals surface area contributed by atoms with Gasteiger partial charge in [0.25, 0.3) is 0 Å². The molecule has 20 heavy (non-hydrogen) atoms. The Labute approximate surface area is 122 Å². The van der Waals surface area contributed by atoms with Gasteiger partial charge < -0.3 is 10.3 Å². The molecule has 3 rings (SSSR count). The van der Waals surface area contributed by atoms with E-state index in [9.17, 15) is 0 Å². The van der Waals surface area contributed by atoms with Crippen molar-refractivity contribution in [3.8, 4) is 0 Å². The summed E-state index contributed by atoms with van der Waals surface area (Å²) in [6.45, 7) is 0. The number of hydrogen-bond acceptors (Lipinski definition) is 6. The van der Waals surface area contributed by atoms with Crippen LogP contribution in [0, 0.1) is 0 Å². The van der Waals surface area contributed by atoms with Gasteiger partial charge in [-0.3, -0.25) is 4.98 Å². The highest BCUT2D eigenvalue weighted by Gasteiger charge is 2.35. The Morgan fingerprint density at radius 2 is 2.15 bits per heavy atom. The monoisotopic (exact) mass is 290 g/mol. The number of pyridine rings is 1. The maximum absolute atomic E-state index is 6.31. The van der Waals surface area contributed by atoms with Crippen LogP contribution in [-0.4, -0.2) is 15.1 Å². The summed E-state index contributed by atoms with van der Waals surface area (Å²) in [5, 5.41) is 4.06. The summed E-state index contributed by atoms with van der Waals surface area (Å²) in [4.78, 5) is 8.55. The zero-order valence-corrected chi connectivity index (χ0v) is 12.1. The van der Waals surface area contributed by atoms with Gasteiger partial charge in [0.1, 0.15) is 0 Å². The van der Waals surface area contributed by atoms with E-state index in [1.807, 2.05) is 12.3 Å². The van der Waals surface area contributed by atoms with Crippen molar-refractivity contribution in [1.82, 2.24) is 15.1 Å². The van der Waals surface area contributed by atoms with E-state index in [0.717, 1.165) is 31.4 Å². The maximum Gasteiger partial charge on any atom is 0.236 e. The van der Waals surface area contributed by atoms with E-state index in [0.29, 0.717) is 17.5 Å². The number of aromatic nitrogens is 3. The van der Waals surface area contributed by atoms with Crippen LogP contribution in [0.5, 0.6) is 0 Å². The average Bonchev–Trinajstić information content (AvgIpc) is 3.10. The van der Waals surface area contributed by atoms with Gasteiger partial charge in [0, 0.05) is 18.1 Å². The lowest BCUT2D eigenvalue weighted by Crippen LogP contribution is -2.34. The molecule has 5 nitrogen and oxygen atoms in total. The minimum Gasteiger partial charge on any atom is -0.338 e. The van der Waals surface area contributed by atoms with Gasteiger partial charge in [-0.05, 0) is 24.5 Å². The second-order valence-electron chi connectivity index (χ2n) is 5.23. The summed E-state index contributed by atoms with van der Waals surface area (Å²) in [5.74, 6) is 2.93. The molecule has 0 bridgehead atoms. The third-order valence-corrected chi connectivity index (χ3v) is 4.61. The van der Waals surface area contributed by atoms with Crippen molar-refractivity contribution in [2.75, 3.05) is 0 Å². The first kappa shape index (κ1) is 13.6. The highest BCUT2D eigenvalue weighted by Crippen LogP contribution is 2.34. The zero-order chi connectivity index (χ0) is 13.8. The predicted molar refractivity (Wildman–Crippen MR) is 77.9 cm³/mol. The van der Waals surface area contributed by atoms with E-state index >= 15 is 0 Å². The molecule has 1 aliphatic rings. The summed E-state index contributed by atoms with van der Waals surface area (Å²) in [7, 11) is 0. The van der Waals surface area contributed by atoms with Gasteiger partial charge in [0.15, 0.2) is 5.82 Å².